The molecule has 6 heteroatoms. The first kappa shape index (κ1) is 12.8. The van der Waals surface area contributed by atoms with Gasteiger partial charge in [0.05, 0.1) is 6.42 Å². The maximum atomic E-state index is 10.5. The van der Waals surface area contributed by atoms with Crippen LogP contribution in [0, 0.1) is 5.41 Å². The molecular weight excluding hydrogens is 202 g/mol. The summed E-state index contributed by atoms with van der Waals surface area (Å²) in [6, 6.07) is 0. The van der Waals surface area contributed by atoms with Gasteiger partial charge in [0.15, 0.2) is 5.11 Å². The number of hydrazone groups is 1. The molecule has 0 radical (unpaired) electrons. The third-order valence-electron chi connectivity index (χ3n) is 1.91. The molecular formula is C8H15N3O2S. The van der Waals surface area contributed by atoms with Gasteiger partial charge in [-0.15, -0.1) is 0 Å². The van der Waals surface area contributed by atoms with Crippen LogP contribution in [0.25, 0.3) is 0 Å². The summed E-state index contributed by atoms with van der Waals surface area (Å²) >= 11 is 4.57. The Morgan fingerprint density at radius 1 is 1.64 bits per heavy atom. The van der Waals surface area contributed by atoms with Gasteiger partial charge in [-0.1, -0.05) is 13.8 Å². The minimum atomic E-state index is -0.861. The van der Waals surface area contributed by atoms with E-state index in [4.69, 9.17) is 10.8 Å². The van der Waals surface area contributed by atoms with E-state index >= 15 is 0 Å². The lowest BCUT2D eigenvalue weighted by molar-refractivity contribution is -0.138. The highest BCUT2D eigenvalue weighted by Gasteiger charge is 2.25. The van der Waals surface area contributed by atoms with Crippen molar-refractivity contribution in [1.82, 2.24) is 5.43 Å². The molecule has 0 aromatic heterocycles. The molecule has 0 amide bonds. The van der Waals surface area contributed by atoms with Crippen LogP contribution in [0.5, 0.6) is 0 Å². The summed E-state index contributed by atoms with van der Waals surface area (Å²) in [6.45, 7) is 5.32. The van der Waals surface area contributed by atoms with E-state index in [1.165, 1.54) is 0 Å². The quantitative estimate of drug-likeness (QED) is 0.366. The first-order valence-electron chi connectivity index (χ1n) is 4.07. The zero-order valence-corrected chi connectivity index (χ0v) is 9.31. The molecule has 0 spiro atoms. The van der Waals surface area contributed by atoms with Crippen LogP contribution in [0.3, 0.4) is 0 Å². The van der Waals surface area contributed by atoms with Crippen molar-refractivity contribution in [3.8, 4) is 0 Å². The van der Waals surface area contributed by atoms with E-state index in [1.54, 1.807) is 20.8 Å². The fourth-order valence-corrected chi connectivity index (χ4v) is 0.842. The highest BCUT2D eigenvalue weighted by Crippen LogP contribution is 2.22. The molecule has 0 unspecified atom stereocenters. The third kappa shape index (κ3) is 4.76. The minimum absolute atomic E-state index is 0.0152. The molecule has 5 nitrogen and oxygen atoms in total. The third-order valence-corrected chi connectivity index (χ3v) is 2.00. The number of nitrogens with two attached hydrogens (primary N) is 1. The topological polar surface area (TPSA) is 87.7 Å². The average molecular weight is 217 g/mol. The van der Waals surface area contributed by atoms with Crippen LogP contribution in [-0.4, -0.2) is 21.9 Å². The molecule has 0 aromatic rings. The van der Waals surface area contributed by atoms with Gasteiger partial charge in [0, 0.05) is 11.1 Å². The Bertz CT molecular complexity index is 274. The van der Waals surface area contributed by atoms with Crippen molar-refractivity contribution >= 4 is 29.0 Å². The summed E-state index contributed by atoms with van der Waals surface area (Å²) in [5.74, 6) is -0.861. The van der Waals surface area contributed by atoms with Gasteiger partial charge in [-0.25, -0.2) is 0 Å². The Morgan fingerprint density at radius 3 is 2.50 bits per heavy atom. The molecule has 0 aliphatic rings. The van der Waals surface area contributed by atoms with Crippen molar-refractivity contribution < 1.29 is 9.90 Å². The molecule has 0 atom stereocenters. The molecule has 0 bridgehead atoms. The molecule has 0 heterocycles. The Balaban J connectivity index is 4.47. The van der Waals surface area contributed by atoms with Crippen molar-refractivity contribution in [2.75, 3.05) is 0 Å². The lowest BCUT2D eigenvalue weighted by Crippen LogP contribution is -2.30. The molecule has 4 N–H and O–H groups in total. The summed E-state index contributed by atoms with van der Waals surface area (Å²) in [5, 5.41) is 12.6. The van der Waals surface area contributed by atoms with Gasteiger partial charge < -0.3 is 10.8 Å². The second-order valence-corrected chi connectivity index (χ2v) is 4.07. The fourth-order valence-electron chi connectivity index (χ4n) is 0.796. The molecule has 0 aliphatic carbocycles. The smallest absolute Gasteiger partial charge is 0.304 e. The van der Waals surface area contributed by atoms with Crippen LogP contribution < -0.4 is 11.2 Å². The van der Waals surface area contributed by atoms with Crippen LogP contribution >= 0.6 is 12.2 Å². The molecule has 0 rings (SSSR count). The van der Waals surface area contributed by atoms with Gasteiger partial charge in [-0.2, -0.15) is 5.10 Å². The highest BCUT2D eigenvalue weighted by molar-refractivity contribution is 7.80. The van der Waals surface area contributed by atoms with Crippen molar-refractivity contribution in [1.29, 1.82) is 0 Å². The average Bonchev–Trinajstić information content (AvgIpc) is 1.97. The second kappa shape index (κ2) is 4.90. The molecule has 0 saturated carbocycles. The molecule has 14 heavy (non-hydrogen) atoms. The number of rotatable bonds is 4. The highest BCUT2D eigenvalue weighted by atomic mass is 32.1. The lowest BCUT2D eigenvalue weighted by atomic mass is 9.85. The van der Waals surface area contributed by atoms with Crippen LogP contribution in [0.4, 0.5) is 0 Å². The standard InChI is InChI=1S/C8H15N3O2S/c1-5(10-11-7(9)14)8(2,3)4-6(12)13/h4H2,1-3H3,(H,12,13)(H3,9,11,14). The van der Waals surface area contributed by atoms with E-state index in [0.29, 0.717) is 5.71 Å². The number of aliphatic carboxylic acids is 1. The summed E-state index contributed by atoms with van der Waals surface area (Å²) in [5.41, 5.74) is 7.75. The number of carboxylic acids is 1. The van der Waals surface area contributed by atoms with E-state index in [2.05, 4.69) is 22.7 Å². The van der Waals surface area contributed by atoms with E-state index in [1.807, 2.05) is 0 Å². The predicted molar refractivity (Wildman–Crippen MR) is 59.1 cm³/mol. The number of hydrogen-bond acceptors (Lipinski definition) is 3. The van der Waals surface area contributed by atoms with Gasteiger partial charge in [0.25, 0.3) is 0 Å². The van der Waals surface area contributed by atoms with E-state index in [9.17, 15) is 4.79 Å². The monoisotopic (exact) mass is 217 g/mol. The van der Waals surface area contributed by atoms with Gasteiger partial charge in [-0.3, -0.25) is 10.2 Å². The van der Waals surface area contributed by atoms with E-state index in [0.717, 1.165) is 0 Å². The number of nitrogens with zero attached hydrogens (tertiary/aromatic N) is 1. The molecule has 0 saturated heterocycles. The maximum absolute atomic E-state index is 10.5. The Hall–Kier alpha value is -1.17. The Labute approximate surface area is 88.4 Å². The fraction of sp³-hybridized carbons (Fsp3) is 0.625. The summed E-state index contributed by atoms with van der Waals surface area (Å²) in [7, 11) is 0. The van der Waals surface area contributed by atoms with Gasteiger partial charge in [0.2, 0.25) is 0 Å². The normalized spacial score (nSPS) is 12.4. The minimum Gasteiger partial charge on any atom is -0.481 e. The van der Waals surface area contributed by atoms with E-state index < -0.39 is 11.4 Å². The molecule has 80 valence electrons. The molecule has 0 aliphatic heterocycles. The predicted octanol–water partition coefficient (Wildman–Crippen LogP) is 0.696. The first-order valence-corrected chi connectivity index (χ1v) is 4.48. The molecule has 0 fully saturated rings. The summed E-state index contributed by atoms with van der Waals surface area (Å²) in [4.78, 5) is 10.5. The maximum Gasteiger partial charge on any atom is 0.304 e. The van der Waals surface area contributed by atoms with Crippen LogP contribution in [0.2, 0.25) is 0 Å². The first-order chi connectivity index (χ1) is 6.25. The van der Waals surface area contributed by atoms with Gasteiger partial charge in [0.1, 0.15) is 0 Å². The van der Waals surface area contributed by atoms with E-state index in [-0.39, 0.29) is 11.5 Å². The van der Waals surface area contributed by atoms with Gasteiger partial charge >= 0.3 is 5.97 Å². The van der Waals surface area contributed by atoms with Crippen molar-refractivity contribution in [2.24, 2.45) is 16.3 Å². The van der Waals surface area contributed by atoms with Crippen LogP contribution in [0.15, 0.2) is 5.10 Å². The number of thiocarbonyl (C=S) groups is 1. The zero-order valence-electron chi connectivity index (χ0n) is 8.50. The van der Waals surface area contributed by atoms with Crippen LogP contribution in [-0.2, 0) is 4.79 Å². The van der Waals surface area contributed by atoms with Crippen molar-refractivity contribution in [2.45, 2.75) is 27.2 Å². The number of carboxylic acid groups (broad SMARTS) is 1. The van der Waals surface area contributed by atoms with Crippen molar-refractivity contribution in [3.63, 3.8) is 0 Å². The SMILES string of the molecule is CC(=NNC(N)=S)C(C)(C)CC(=O)O. The lowest BCUT2D eigenvalue weighted by Gasteiger charge is -2.21. The zero-order chi connectivity index (χ0) is 11.4. The number of carbonyl (C=O) groups is 1. The molecule has 0 aromatic carbocycles. The van der Waals surface area contributed by atoms with Crippen molar-refractivity contribution in [3.05, 3.63) is 0 Å². The van der Waals surface area contributed by atoms with Gasteiger partial charge in [-0.05, 0) is 19.1 Å². The van der Waals surface area contributed by atoms with Crippen LogP contribution in [0.1, 0.15) is 27.2 Å². The number of nitrogens with one attached hydrogen (secondary N) is 1. The Kier molecular flexibility index (Phi) is 4.49. The summed E-state index contributed by atoms with van der Waals surface area (Å²) in [6.07, 6.45) is 0.0152. The number of hydrogen-bond donors (Lipinski definition) is 3. The largest absolute Gasteiger partial charge is 0.481 e. The second-order valence-electron chi connectivity index (χ2n) is 3.63. The Morgan fingerprint density at radius 2 is 2.14 bits per heavy atom. The summed E-state index contributed by atoms with van der Waals surface area (Å²) < 4.78 is 0.